The molecule has 23 heavy (non-hydrogen) atoms. The van der Waals surface area contributed by atoms with Gasteiger partial charge in [-0.15, -0.1) is 0 Å². The number of rotatable bonds is 7. The molecular weight excluding hydrogens is 282 g/mol. The van der Waals surface area contributed by atoms with Crippen molar-refractivity contribution in [3.8, 4) is 17.6 Å². The van der Waals surface area contributed by atoms with Gasteiger partial charge in [-0.25, -0.2) is 0 Å². The molecule has 0 unspecified atom stereocenters. The first-order valence-electron chi connectivity index (χ1n) is 7.98. The molecule has 0 aromatic heterocycles. The van der Waals surface area contributed by atoms with Gasteiger partial charge in [-0.05, 0) is 64.1 Å². The van der Waals surface area contributed by atoms with Gasteiger partial charge in [-0.2, -0.15) is 0 Å². The number of likely N-dealkylation sites (N-methyl/N-ethyl adjacent to an activating group) is 1. The highest BCUT2D eigenvalue weighted by atomic mass is 16.5. The zero-order valence-electron chi connectivity index (χ0n) is 15.1. The fourth-order valence-electron chi connectivity index (χ4n) is 1.87. The van der Waals surface area contributed by atoms with Crippen LogP contribution < -0.4 is 4.74 Å². The summed E-state index contributed by atoms with van der Waals surface area (Å²) >= 11 is 0. The minimum Gasteiger partial charge on any atom is -0.489 e. The Labute approximate surface area is 141 Å². The lowest BCUT2D eigenvalue weighted by Gasteiger charge is -2.15. The van der Waals surface area contributed by atoms with Crippen molar-refractivity contribution in [2.24, 2.45) is 5.41 Å². The molecule has 0 aliphatic carbocycles. The summed E-state index contributed by atoms with van der Waals surface area (Å²) < 4.78 is 5.68. The Morgan fingerprint density at radius 1 is 1.35 bits per heavy atom. The van der Waals surface area contributed by atoms with Gasteiger partial charge in [0, 0.05) is 18.5 Å². The smallest absolute Gasteiger partial charge is 0.120 e. The van der Waals surface area contributed by atoms with Crippen LogP contribution >= 0.6 is 0 Å². The van der Waals surface area contributed by atoms with Gasteiger partial charge < -0.3 is 4.74 Å². The van der Waals surface area contributed by atoms with Crippen LogP contribution in [0.15, 0.2) is 48.6 Å². The molecule has 0 saturated carbocycles. The van der Waals surface area contributed by atoms with Crippen LogP contribution in [0.2, 0.25) is 0 Å². The zero-order chi connectivity index (χ0) is 17.3. The molecule has 0 amide bonds. The van der Waals surface area contributed by atoms with Crippen LogP contribution in [0.5, 0.6) is 5.75 Å². The highest BCUT2D eigenvalue weighted by Gasteiger charge is 2.03. The molecule has 2 heteroatoms. The SMILES string of the molecule is C=C(C)COc1cccc(CN(C)C/C=C/C#CC(C)(C)C)c1. The van der Waals surface area contributed by atoms with Crippen molar-refractivity contribution in [2.45, 2.75) is 34.2 Å². The molecule has 0 spiro atoms. The van der Waals surface area contributed by atoms with Crippen molar-refractivity contribution in [1.82, 2.24) is 4.90 Å². The van der Waals surface area contributed by atoms with Crippen LogP contribution in [0.3, 0.4) is 0 Å². The summed E-state index contributed by atoms with van der Waals surface area (Å²) in [6, 6.07) is 8.21. The third-order valence-electron chi connectivity index (χ3n) is 2.90. The monoisotopic (exact) mass is 311 g/mol. The highest BCUT2D eigenvalue weighted by Crippen LogP contribution is 2.15. The Hall–Kier alpha value is -1.98. The molecule has 0 atom stereocenters. The highest BCUT2D eigenvalue weighted by molar-refractivity contribution is 5.29. The molecule has 1 aromatic rings. The third kappa shape index (κ3) is 9.60. The molecule has 0 heterocycles. The van der Waals surface area contributed by atoms with Gasteiger partial charge >= 0.3 is 0 Å². The molecule has 124 valence electrons. The summed E-state index contributed by atoms with van der Waals surface area (Å²) in [5.74, 6) is 7.19. The second-order valence-electron chi connectivity index (χ2n) is 7.01. The summed E-state index contributed by atoms with van der Waals surface area (Å²) in [6.07, 6.45) is 4.04. The van der Waals surface area contributed by atoms with Gasteiger partial charge in [0.15, 0.2) is 0 Å². The topological polar surface area (TPSA) is 12.5 Å². The summed E-state index contributed by atoms with van der Waals surface area (Å²) in [7, 11) is 2.10. The number of allylic oxidation sites excluding steroid dienone is 1. The number of benzene rings is 1. The number of hydrogen-bond acceptors (Lipinski definition) is 2. The maximum atomic E-state index is 5.68. The van der Waals surface area contributed by atoms with E-state index >= 15 is 0 Å². The molecule has 0 bridgehead atoms. The van der Waals surface area contributed by atoms with Crippen LogP contribution in [0.4, 0.5) is 0 Å². The van der Waals surface area contributed by atoms with Gasteiger partial charge in [0.1, 0.15) is 12.4 Å². The molecule has 0 fully saturated rings. The van der Waals surface area contributed by atoms with Gasteiger partial charge in [0.05, 0.1) is 0 Å². The van der Waals surface area contributed by atoms with E-state index in [4.69, 9.17) is 4.74 Å². The van der Waals surface area contributed by atoms with Crippen LogP contribution in [0, 0.1) is 17.3 Å². The van der Waals surface area contributed by atoms with Crippen molar-refractivity contribution < 1.29 is 4.74 Å². The average Bonchev–Trinajstić information content (AvgIpc) is 2.44. The van der Waals surface area contributed by atoms with Crippen molar-refractivity contribution in [3.05, 3.63) is 54.1 Å². The minimum atomic E-state index is 0.0560. The minimum absolute atomic E-state index is 0.0560. The Morgan fingerprint density at radius 3 is 2.74 bits per heavy atom. The predicted molar refractivity (Wildman–Crippen MR) is 99.5 cm³/mol. The lowest BCUT2D eigenvalue weighted by Crippen LogP contribution is -2.17. The standard InChI is InChI=1S/C21H29NO/c1-18(2)17-23-20-12-10-11-19(15-20)16-22(6)14-9-7-8-13-21(3,4)5/h7,9-12,15H,1,14,16-17H2,2-6H3/b9-7+. The lowest BCUT2D eigenvalue weighted by atomic mass is 9.98. The zero-order valence-corrected chi connectivity index (χ0v) is 15.1. The van der Waals surface area contributed by atoms with E-state index in [9.17, 15) is 0 Å². The molecule has 1 rings (SSSR count). The second kappa shape index (κ2) is 9.22. The first kappa shape index (κ1) is 19.1. The Kier molecular flexibility index (Phi) is 7.65. The first-order chi connectivity index (χ1) is 10.8. The van der Waals surface area contributed by atoms with Crippen molar-refractivity contribution >= 4 is 0 Å². The van der Waals surface area contributed by atoms with Crippen molar-refractivity contribution in [3.63, 3.8) is 0 Å². The first-order valence-corrected chi connectivity index (χ1v) is 7.98. The predicted octanol–water partition coefficient (Wildman–Crippen LogP) is 4.68. The average molecular weight is 311 g/mol. The van der Waals surface area contributed by atoms with Crippen molar-refractivity contribution in [2.75, 3.05) is 20.2 Å². The van der Waals surface area contributed by atoms with Gasteiger partial charge in [0.2, 0.25) is 0 Å². The molecule has 1 aromatic carbocycles. The summed E-state index contributed by atoms with van der Waals surface area (Å²) in [5, 5.41) is 0. The van der Waals surface area contributed by atoms with E-state index in [2.05, 4.69) is 69.3 Å². The summed E-state index contributed by atoms with van der Waals surface area (Å²) in [4.78, 5) is 2.24. The molecule has 0 radical (unpaired) electrons. The van der Waals surface area contributed by atoms with Gasteiger partial charge in [0.25, 0.3) is 0 Å². The van der Waals surface area contributed by atoms with Crippen LogP contribution in [0.1, 0.15) is 33.3 Å². The molecule has 0 N–H and O–H groups in total. The van der Waals surface area contributed by atoms with Crippen LogP contribution in [-0.4, -0.2) is 25.1 Å². The van der Waals surface area contributed by atoms with Gasteiger partial charge in [-0.1, -0.05) is 36.6 Å². The van der Waals surface area contributed by atoms with E-state index in [1.165, 1.54) is 5.56 Å². The van der Waals surface area contributed by atoms with Gasteiger partial charge in [-0.3, -0.25) is 4.90 Å². The van der Waals surface area contributed by atoms with Crippen LogP contribution in [0.25, 0.3) is 0 Å². The van der Waals surface area contributed by atoms with E-state index in [-0.39, 0.29) is 5.41 Å². The third-order valence-corrected chi connectivity index (χ3v) is 2.90. The van der Waals surface area contributed by atoms with Crippen LogP contribution in [-0.2, 0) is 6.54 Å². The fraction of sp³-hybridized carbons (Fsp3) is 0.429. The molecule has 2 nitrogen and oxygen atoms in total. The van der Waals surface area contributed by atoms with E-state index in [1.807, 2.05) is 25.1 Å². The fourth-order valence-corrected chi connectivity index (χ4v) is 1.87. The molecular formula is C21H29NO. The van der Waals surface area contributed by atoms with E-state index in [0.29, 0.717) is 6.61 Å². The Bertz CT molecular complexity index is 596. The molecule has 0 aliphatic rings. The molecule has 0 saturated heterocycles. The second-order valence-corrected chi connectivity index (χ2v) is 7.01. The summed E-state index contributed by atoms with van der Waals surface area (Å²) in [6.45, 7) is 14.5. The summed E-state index contributed by atoms with van der Waals surface area (Å²) in [5.41, 5.74) is 2.32. The molecule has 0 aliphatic heterocycles. The van der Waals surface area contributed by atoms with E-state index in [0.717, 1.165) is 24.4 Å². The maximum Gasteiger partial charge on any atom is 0.120 e. The van der Waals surface area contributed by atoms with Crippen molar-refractivity contribution in [1.29, 1.82) is 0 Å². The lowest BCUT2D eigenvalue weighted by molar-refractivity contribution is 0.346. The Balaban J connectivity index is 2.49. The largest absolute Gasteiger partial charge is 0.489 e. The Morgan fingerprint density at radius 2 is 2.09 bits per heavy atom. The normalized spacial score (nSPS) is 11.4. The number of hydrogen-bond donors (Lipinski definition) is 0. The van der Waals surface area contributed by atoms with E-state index < -0.39 is 0 Å². The number of ether oxygens (including phenoxy) is 1. The number of nitrogens with zero attached hydrogens (tertiary/aromatic N) is 1. The maximum absolute atomic E-state index is 5.68. The quantitative estimate of drug-likeness (QED) is 0.535. The van der Waals surface area contributed by atoms with E-state index in [1.54, 1.807) is 0 Å².